The highest BCUT2D eigenvalue weighted by atomic mass is 19.1. The first-order valence-corrected chi connectivity index (χ1v) is 10.1. The van der Waals surface area contributed by atoms with E-state index >= 15 is 0 Å². The van der Waals surface area contributed by atoms with Gasteiger partial charge < -0.3 is 10.2 Å². The average Bonchev–Trinajstić information content (AvgIpc) is 3.23. The molecule has 1 spiro atoms. The molecule has 3 heterocycles. The molecule has 0 saturated carbocycles. The number of nitrogens with one attached hydrogen (secondary N) is 1. The summed E-state index contributed by atoms with van der Waals surface area (Å²) in [5.41, 5.74) is 0.745. The zero-order valence-corrected chi connectivity index (χ0v) is 17.0. The van der Waals surface area contributed by atoms with Gasteiger partial charge in [0.25, 0.3) is 0 Å². The SMILES string of the molecule is CC(C)CN1C(=O)[C@]2(CC(=O)Nc3c2cnn3-c2ccc(F)cc2)c2cc(F)ccc21. The molecule has 1 aromatic heterocycles. The molecule has 0 aliphatic carbocycles. The van der Waals surface area contributed by atoms with Crippen molar-refractivity contribution in [1.82, 2.24) is 9.78 Å². The minimum Gasteiger partial charge on any atom is -0.311 e. The maximum Gasteiger partial charge on any atom is 0.242 e. The quantitative estimate of drug-likeness (QED) is 0.699. The van der Waals surface area contributed by atoms with Gasteiger partial charge in [0.05, 0.1) is 11.9 Å². The second-order valence-corrected chi connectivity index (χ2v) is 8.40. The van der Waals surface area contributed by atoms with Crippen molar-refractivity contribution in [3.63, 3.8) is 0 Å². The molecule has 158 valence electrons. The Hall–Kier alpha value is -3.55. The predicted molar refractivity (Wildman–Crippen MR) is 111 cm³/mol. The molecule has 0 fully saturated rings. The molecule has 2 aliphatic rings. The molecule has 0 radical (unpaired) electrons. The minimum atomic E-state index is -1.36. The molecule has 5 rings (SSSR count). The summed E-state index contributed by atoms with van der Waals surface area (Å²) in [4.78, 5) is 28.3. The predicted octanol–water partition coefficient (Wildman–Crippen LogP) is 3.78. The molecule has 8 heteroatoms. The third kappa shape index (κ3) is 2.78. The normalized spacial score (nSPS) is 19.7. The second kappa shape index (κ2) is 6.73. The van der Waals surface area contributed by atoms with E-state index in [0.717, 1.165) is 0 Å². The van der Waals surface area contributed by atoms with Crippen LogP contribution in [0.4, 0.5) is 20.3 Å². The number of aromatic nitrogens is 2. The van der Waals surface area contributed by atoms with Crippen LogP contribution in [0.1, 0.15) is 31.4 Å². The topological polar surface area (TPSA) is 67.2 Å². The fourth-order valence-electron chi connectivity index (χ4n) is 4.59. The van der Waals surface area contributed by atoms with Crippen LogP contribution in [0.5, 0.6) is 0 Å². The highest BCUT2D eigenvalue weighted by Gasteiger charge is 2.57. The van der Waals surface area contributed by atoms with E-state index in [1.54, 1.807) is 11.0 Å². The molecule has 0 saturated heterocycles. The van der Waals surface area contributed by atoms with Crippen molar-refractivity contribution in [1.29, 1.82) is 0 Å². The van der Waals surface area contributed by atoms with Crippen LogP contribution in [0.25, 0.3) is 5.69 Å². The van der Waals surface area contributed by atoms with Gasteiger partial charge >= 0.3 is 0 Å². The highest BCUT2D eigenvalue weighted by molar-refractivity contribution is 6.15. The number of halogens is 2. The molecule has 3 aromatic rings. The molecule has 31 heavy (non-hydrogen) atoms. The van der Waals surface area contributed by atoms with Crippen molar-refractivity contribution in [2.45, 2.75) is 25.7 Å². The number of carbonyl (C=O) groups is 2. The van der Waals surface area contributed by atoms with Gasteiger partial charge in [-0.25, -0.2) is 13.5 Å². The second-order valence-electron chi connectivity index (χ2n) is 8.40. The monoisotopic (exact) mass is 422 g/mol. The summed E-state index contributed by atoms with van der Waals surface area (Å²) in [6.45, 7) is 4.43. The molecule has 2 aliphatic heterocycles. The lowest BCUT2D eigenvalue weighted by Crippen LogP contribution is -2.47. The van der Waals surface area contributed by atoms with Gasteiger partial charge in [-0.05, 0) is 53.9 Å². The number of amides is 2. The Balaban J connectivity index is 1.74. The zero-order valence-electron chi connectivity index (χ0n) is 17.0. The summed E-state index contributed by atoms with van der Waals surface area (Å²) >= 11 is 0. The van der Waals surface area contributed by atoms with Crippen molar-refractivity contribution < 1.29 is 18.4 Å². The van der Waals surface area contributed by atoms with Crippen molar-refractivity contribution in [3.05, 3.63) is 71.4 Å². The largest absolute Gasteiger partial charge is 0.311 e. The fraction of sp³-hybridized carbons (Fsp3) is 0.261. The van der Waals surface area contributed by atoms with Gasteiger partial charge in [-0.1, -0.05) is 13.8 Å². The van der Waals surface area contributed by atoms with Crippen LogP contribution in [0.3, 0.4) is 0 Å². The minimum absolute atomic E-state index is 0.140. The third-order valence-corrected chi connectivity index (χ3v) is 5.85. The summed E-state index contributed by atoms with van der Waals surface area (Å²) < 4.78 is 29.2. The van der Waals surface area contributed by atoms with Crippen molar-refractivity contribution in [2.75, 3.05) is 16.8 Å². The van der Waals surface area contributed by atoms with E-state index in [1.807, 2.05) is 13.8 Å². The molecule has 1 atom stereocenters. The van der Waals surface area contributed by atoms with E-state index in [9.17, 15) is 18.4 Å². The molecular weight excluding hydrogens is 402 g/mol. The average molecular weight is 422 g/mol. The van der Waals surface area contributed by atoms with Crippen LogP contribution in [0.15, 0.2) is 48.7 Å². The zero-order chi connectivity index (χ0) is 21.9. The number of carbonyl (C=O) groups excluding carboxylic acids is 2. The van der Waals surface area contributed by atoms with Gasteiger partial charge in [-0.15, -0.1) is 0 Å². The third-order valence-electron chi connectivity index (χ3n) is 5.85. The van der Waals surface area contributed by atoms with Crippen LogP contribution < -0.4 is 10.2 Å². The number of benzene rings is 2. The van der Waals surface area contributed by atoms with Crippen LogP contribution in [0, 0.1) is 17.6 Å². The number of hydrogen-bond acceptors (Lipinski definition) is 3. The standard InChI is InChI=1S/C23H20F2N4O2/c1-13(2)12-28-19-8-5-15(25)9-17(19)23(22(28)31)10-20(30)27-21-18(23)11-26-29(21)16-6-3-14(24)4-7-16/h3-9,11,13H,10,12H2,1-2H3,(H,27,30)/t23-/m1/s1. The van der Waals surface area contributed by atoms with Gasteiger partial charge in [-0.2, -0.15) is 5.10 Å². The first-order chi connectivity index (χ1) is 14.8. The Labute approximate surface area is 177 Å². The highest BCUT2D eigenvalue weighted by Crippen LogP contribution is 2.52. The summed E-state index contributed by atoms with van der Waals surface area (Å²) in [5.74, 6) is -1.00. The Kier molecular flexibility index (Phi) is 4.22. The van der Waals surface area contributed by atoms with Crippen LogP contribution in [-0.2, 0) is 15.0 Å². The molecule has 1 N–H and O–H groups in total. The summed E-state index contributed by atoms with van der Waals surface area (Å²) in [7, 11) is 0. The summed E-state index contributed by atoms with van der Waals surface area (Å²) in [6.07, 6.45) is 1.39. The van der Waals surface area contributed by atoms with Crippen LogP contribution in [-0.4, -0.2) is 28.1 Å². The van der Waals surface area contributed by atoms with Crippen molar-refractivity contribution in [3.8, 4) is 5.69 Å². The molecular formula is C23H20F2N4O2. The van der Waals surface area contributed by atoms with E-state index in [-0.39, 0.29) is 24.2 Å². The summed E-state index contributed by atoms with van der Waals surface area (Å²) in [6, 6.07) is 9.90. The van der Waals surface area contributed by atoms with Crippen LogP contribution >= 0.6 is 0 Å². The molecule has 0 unspecified atom stereocenters. The van der Waals surface area contributed by atoms with Gasteiger partial charge in [0.15, 0.2) is 0 Å². The van der Waals surface area contributed by atoms with E-state index in [1.165, 1.54) is 47.3 Å². The smallest absolute Gasteiger partial charge is 0.242 e. The maximum atomic E-state index is 14.3. The van der Waals surface area contributed by atoms with Gasteiger partial charge in [0, 0.05) is 24.2 Å². The Morgan fingerprint density at radius 3 is 2.48 bits per heavy atom. The summed E-state index contributed by atoms with van der Waals surface area (Å²) in [5, 5.41) is 7.18. The number of hydrogen-bond donors (Lipinski definition) is 1. The molecule has 6 nitrogen and oxygen atoms in total. The Bertz CT molecular complexity index is 1220. The lowest BCUT2D eigenvalue weighted by atomic mass is 9.71. The van der Waals surface area contributed by atoms with Crippen molar-refractivity contribution in [2.24, 2.45) is 5.92 Å². The van der Waals surface area contributed by atoms with Gasteiger partial charge in [-0.3, -0.25) is 9.59 Å². The number of fused-ring (bicyclic) bond motifs is 4. The first-order valence-electron chi connectivity index (χ1n) is 10.1. The lowest BCUT2D eigenvalue weighted by Gasteiger charge is -2.32. The lowest BCUT2D eigenvalue weighted by molar-refractivity contribution is -0.126. The molecule has 2 amide bonds. The first kappa shape index (κ1) is 19.4. The number of anilines is 2. The van der Waals surface area contributed by atoms with Gasteiger partial charge in [0.1, 0.15) is 22.9 Å². The maximum absolute atomic E-state index is 14.3. The molecule has 2 aromatic carbocycles. The fourth-order valence-corrected chi connectivity index (χ4v) is 4.59. The number of rotatable bonds is 3. The Morgan fingerprint density at radius 2 is 1.77 bits per heavy atom. The Morgan fingerprint density at radius 1 is 1.06 bits per heavy atom. The van der Waals surface area contributed by atoms with E-state index in [2.05, 4.69) is 10.4 Å². The number of nitrogens with zero attached hydrogens (tertiary/aromatic N) is 3. The van der Waals surface area contributed by atoms with Crippen LogP contribution in [0.2, 0.25) is 0 Å². The van der Waals surface area contributed by atoms with E-state index < -0.39 is 17.0 Å². The van der Waals surface area contributed by atoms with E-state index in [0.29, 0.717) is 34.9 Å². The molecule has 0 bridgehead atoms. The van der Waals surface area contributed by atoms with Gasteiger partial charge in [0.2, 0.25) is 11.8 Å². The van der Waals surface area contributed by atoms with E-state index in [4.69, 9.17) is 0 Å². The van der Waals surface area contributed by atoms with Crippen molar-refractivity contribution >= 4 is 23.3 Å².